The van der Waals surface area contributed by atoms with Crippen LogP contribution in [0.5, 0.6) is 0 Å². The number of rotatable bonds is 0. The maximum Gasteiger partial charge on any atom is 0.287 e. The summed E-state index contributed by atoms with van der Waals surface area (Å²) in [5, 5.41) is 2.92. The van der Waals surface area contributed by atoms with Gasteiger partial charge in [-0.25, -0.2) is 0 Å². The molecule has 2 rings (SSSR count). The molecule has 0 bridgehead atoms. The van der Waals surface area contributed by atoms with E-state index in [-0.39, 0.29) is 5.56 Å². The van der Waals surface area contributed by atoms with E-state index in [4.69, 9.17) is 4.52 Å². The van der Waals surface area contributed by atoms with Crippen LogP contribution in [0.15, 0.2) is 21.5 Å². The second-order valence-electron chi connectivity index (χ2n) is 2.97. The zero-order valence-corrected chi connectivity index (χ0v) is 6.97. The summed E-state index contributed by atoms with van der Waals surface area (Å²) < 4.78 is 4.95. The Bertz CT molecular complexity index is 479. The number of hydrogen-bond acceptors (Lipinski definition) is 2. The van der Waals surface area contributed by atoms with Crippen LogP contribution in [0.1, 0.15) is 11.1 Å². The van der Waals surface area contributed by atoms with Gasteiger partial charge in [-0.3, -0.25) is 4.79 Å². The van der Waals surface area contributed by atoms with Gasteiger partial charge in [0.15, 0.2) is 5.58 Å². The van der Waals surface area contributed by atoms with Crippen molar-refractivity contribution in [1.82, 2.24) is 5.16 Å². The lowest BCUT2D eigenvalue weighted by molar-refractivity contribution is 0.449. The fraction of sp³-hybridized carbons (Fsp3) is 0.222. The second-order valence-corrected chi connectivity index (χ2v) is 2.97. The standard InChI is InChI=1S/C9H9NO2/c1-5-3-7-8(4-6(5)2)12-10-9(7)11/h3-4H,1-2H3,(H,10,11). The maximum absolute atomic E-state index is 11.1. The Balaban J connectivity index is 2.97. The molecule has 0 spiro atoms. The summed E-state index contributed by atoms with van der Waals surface area (Å²) in [7, 11) is 0. The first-order valence-electron chi connectivity index (χ1n) is 3.77. The molecule has 0 saturated heterocycles. The zero-order chi connectivity index (χ0) is 8.72. The van der Waals surface area contributed by atoms with Gasteiger partial charge in [-0.15, -0.1) is 0 Å². The van der Waals surface area contributed by atoms with E-state index in [2.05, 4.69) is 5.16 Å². The number of aromatic amines is 1. The van der Waals surface area contributed by atoms with Gasteiger partial charge in [-0.05, 0) is 37.1 Å². The Kier molecular flexibility index (Phi) is 1.33. The summed E-state index contributed by atoms with van der Waals surface area (Å²) in [4.78, 5) is 11.1. The molecule has 0 aliphatic carbocycles. The molecule has 0 saturated carbocycles. The minimum Gasteiger partial charge on any atom is -0.378 e. The van der Waals surface area contributed by atoms with Crippen molar-refractivity contribution in [3.8, 4) is 0 Å². The molecule has 0 fully saturated rings. The first kappa shape index (κ1) is 7.16. The van der Waals surface area contributed by atoms with E-state index >= 15 is 0 Å². The zero-order valence-electron chi connectivity index (χ0n) is 6.97. The molecule has 0 amide bonds. The average molecular weight is 163 g/mol. The van der Waals surface area contributed by atoms with Gasteiger partial charge in [-0.2, -0.15) is 5.16 Å². The van der Waals surface area contributed by atoms with Crippen molar-refractivity contribution in [2.45, 2.75) is 13.8 Å². The summed E-state index contributed by atoms with van der Waals surface area (Å²) >= 11 is 0. The second kappa shape index (κ2) is 2.24. The molecule has 0 aliphatic rings. The predicted molar refractivity (Wildman–Crippen MR) is 46.3 cm³/mol. The number of aromatic nitrogens is 1. The topological polar surface area (TPSA) is 46.0 Å². The molecule has 1 aromatic carbocycles. The summed E-state index contributed by atoms with van der Waals surface area (Å²) in [6, 6.07) is 3.70. The van der Waals surface area contributed by atoms with Gasteiger partial charge in [0, 0.05) is 0 Å². The van der Waals surface area contributed by atoms with Gasteiger partial charge in [-0.1, -0.05) is 0 Å². The molecule has 0 aliphatic heterocycles. The van der Waals surface area contributed by atoms with Crippen LogP contribution in [0.2, 0.25) is 0 Å². The summed E-state index contributed by atoms with van der Waals surface area (Å²) in [6.07, 6.45) is 0. The molecule has 1 aromatic heterocycles. The lowest BCUT2D eigenvalue weighted by Gasteiger charge is -1.95. The van der Waals surface area contributed by atoms with Gasteiger partial charge in [0.2, 0.25) is 0 Å². The largest absolute Gasteiger partial charge is 0.378 e. The van der Waals surface area contributed by atoms with E-state index in [9.17, 15) is 4.79 Å². The molecule has 62 valence electrons. The molecule has 12 heavy (non-hydrogen) atoms. The quantitative estimate of drug-likeness (QED) is 0.643. The van der Waals surface area contributed by atoms with Crippen molar-refractivity contribution in [2.24, 2.45) is 0 Å². The van der Waals surface area contributed by atoms with Gasteiger partial charge in [0.05, 0.1) is 5.39 Å². The number of hydrogen-bond donors (Lipinski definition) is 1. The van der Waals surface area contributed by atoms with Crippen LogP contribution in [0.25, 0.3) is 11.0 Å². The van der Waals surface area contributed by atoms with Crippen LogP contribution in [0, 0.1) is 13.8 Å². The van der Waals surface area contributed by atoms with Crippen LogP contribution in [0.4, 0.5) is 0 Å². The van der Waals surface area contributed by atoms with Crippen LogP contribution >= 0.6 is 0 Å². The van der Waals surface area contributed by atoms with Crippen molar-refractivity contribution in [3.05, 3.63) is 33.6 Å². The Hall–Kier alpha value is -1.51. The number of nitrogens with one attached hydrogen (secondary N) is 1. The Labute approximate surface area is 69.0 Å². The van der Waals surface area contributed by atoms with Gasteiger partial charge in [0.1, 0.15) is 0 Å². The lowest BCUT2D eigenvalue weighted by Crippen LogP contribution is -1.96. The highest BCUT2D eigenvalue weighted by molar-refractivity contribution is 5.77. The smallest absolute Gasteiger partial charge is 0.287 e. The highest BCUT2D eigenvalue weighted by Gasteiger charge is 2.04. The Morgan fingerprint density at radius 2 is 1.92 bits per heavy atom. The Morgan fingerprint density at radius 3 is 2.67 bits per heavy atom. The van der Waals surface area contributed by atoms with Crippen LogP contribution < -0.4 is 5.56 Å². The van der Waals surface area contributed by atoms with E-state index in [1.807, 2.05) is 26.0 Å². The predicted octanol–water partition coefficient (Wildman–Crippen LogP) is 1.74. The molecule has 0 radical (unpaired) electrons. The molecular formula is C9H9NO2. The van der Waals surface area contributed by atoms with Gasteiger partial charge < -0.3 is 4.52 Å². The van der Waals surface area contributed by atoms with Crippen molar-refractivity contribution >= 4 is 11.0 Å². The van der Waals surface area contributed by atoms with Crippen LogP contribution in [-0.2, 0) is 0 Å². The van der Waals surface area contributed by atoms with Crippen molar-refractivity contribution in [3.63, 3.8) is 0 Å². The normalized spacial score (nSPS) is 10.8. The summed E-state index contributed by atoms with van der Waals surface area (Å²) in [6.45, 7) is 3.96. The van der Waals surface area contributed by atoms with Crippen molar-refractivity contribution in [1.29, 1.82) is 0 Å². The molecule has 1 N–H and O–H groups in total. The minimum absolute atomic E-state index is 0.159. The summed E-state index contributed by atoms with van der Waals surface area (Å²) in [5.74, 6) is 0. The first-order chi connectivity index (χ1) is 5.68. The lowest BCUT2D eigenvalue weighted by atomic mass is 10.1. The third kappa shape index (κ3) is 0.863. The average Bonchev–Trinajstić information content (AvgIpc) is 2.35. The van der Waals surface area contributed by atoms with E-state index in [0.717, 1.165) is 11.1 Å². The van der Waals surface area contributed by atoms with E-state index in [1.165, 1.54) is 0 Å². The minimum atomic E-state index is -0.159. The SMILES string of the molecule is Cc1cc2o[nH]c(=O)c2cc1C. The number of fused-ring (bicyclic) bond motifs is 1. The number of H-pyrrole nitrogens is 1. The van der Waals surface area contributed by atoms with E-state index in [0.29, 0.717) is 11.0 Å². The molecular weight excluding hydrogens is 154 g/mol. The van der Waals surface area contributed by atoms with Gasteiger partial charge in [0.25, 0.3) is 5.56 Å². The molecule has 3 heteroatoms. The van der Waals surface area contributed by atoms with Crippen molar-refractivity contribution < 1.29 is 4.52 Å². The summed E-state index contributed by atoms with van der Waals surface area (Å²) in [5.41, 5.74) is 2.70. The molecule has 2 aromatic rings. The molecule has 0 unspecified atom stereocenters. The highest BCUT2D eigenvalue weighted by atomic mass is 16.5. The highest BCUT2D eigenvalue weighted by Crippen LogP contribution is 2.15. The molecule has 3 nitrogen and oxygen atoms in total. The monoisotopic (exact) mass is 163 g/mol. The van der Waals surface area contributed by atoms with Crippen LogP contribution in [0.3, 0.4) is 0 Å². The number of benzene rings is 1. The van der Waals surface area contributed by atoms with E-state index < -0.39 is 0 Å². The third-order valence-corrected chi connectivity index (χ3v) is 2.09. The fourth-order valence-electron chi connectivity index (χ4n) is 1.21. The maximum atomic E-state index is 11.1. The van der Waals surface area contributed by atoms with Crippen molar-refractivity contribution in [2.75, 3.05) is 0 Å². The molecule has 0 atom stereocenters. The molecule has 1 heterocycles. The first-order valence-corrected chi connectivity index (χ1v) is 3.77. The van der Waals surface area contributed by atoms with Gasteiger partial charge >= 0.3 is 0 Å². The number of aryl methyl sites for hydroxylation is 2. The Morgan fingerprint density at radius 1 is 1.25 bits per heavy atom. The third-order valence-electron chi connectivity index (χ3n) is 2.09. The van der Waals surface area contributed by atoms with E-state index in [1.54, 1.807) is 0 Å². The van der Waals surface area contributed by atoms with Crippen LogP contribution in [-0.4, -0.2) is 5.16 Å². The fourth-order valence-corrected chi connectivity index (χ4v) is 1.21.